The first-order valence-electron chi connectivity index (χ1n) is 9.77. The van der Waals surface area contributed by atoms with Gasteiger partial charge in [-0.15, -0.1) is 12.8 Å². The Bertz CT molecular complexity index is 1170. The largest absolute Gasteiger partial charge is 0.254 e. The first-order chi connectivity index (χ1) is 15.4. The molecule has 2 nitrogen and oxygen atoms in total. The molecule has 0 heterocycles. The molecule has 3 aromatic carbocycles. The summed E-state index contributed by atoms with van der Waals surface area (Å²) in [6, 6.07) is 22.2. The van der Waals surface area contributed by atoms with E-state index in [4.69, 9.17) is 12.8 Å². The van der Waals surface area contributed by atoms with Crippen LogP contribution in [0.2, 0.25) is 0 Å². The second-order valence-corrected chi connectivity index (χ2v) is 10.0. The maximum Gasteiger partial charge on any atom is 0.0574 e. The second-order valence-electron chi connectivity index (χ2n) is 7.09. The summed E-state index contributed by atoms with van der Waals surface area (Å²) < 4.78 is 25.4. The highest BCUT2D eigenvalue weighted by Gasteiger charge is 2.11. The van der Waals surface area contributed by atoms with E-state index in [-0.39, 0.29) is 0 Å². The molecule has 2 atom stereocenters. The Hall–Kier alpha value is -3.44. The molecule has 0 aromatic heterocycles. The number of terminal acetylenes is 2. The molecule has 4 heteroatoms. The van der Waals surface area contributed by atoms with E-state index in [1.54, 1.807) is 0 Å². The quantitative estimate of drug-likeness (QED) is 0.422. The van der Waals surface area contributed by atoms with Crippen molar-refractivity contribution in [3.05, 3.63) is 119 Å². The Labute approximate surface area is 195 Å². The lowest BCUT2D eigenvalue weighted by Crippen LogP contribution is -2.00. The normalized spacial score (nSPS) is 12.2. The van der Waals surface area contributed by atoms with E-state index in [1.807, 2.05) is 72.8 Å². The lowest BCUT2D eigenvalue weighted by molar-refractivity contribution is 0.687. The van der Waals surface area contributed by atoms with Gasteiger partial charge in [-0.25, -0.2) is 0 Å². The van der Waals surface area contributed by atoms with Gasteiger partial charge in [-0.3, -0.25) is 8.42 Å². The van der Waals surface area contributed by atoms with Crippen LogP contribution in [-0.4, -0.2) is 8.42 Å². The number of benzene rings is 3. The van der Waals surface area contributed by atoms with E-state index in [0.717, 1.165) is 33.4 Å². The Morgan fingerprint density at radius 3 is 1.22 bits per heavy atom. The number of hydrogen-bond acceptors (Lipinski definition) is 2. The Kier molecular flexibility index (Phi) is 7.79. The molecule has 0 aliphatic carbocycles. The molecule has 158 valence electrons. The average molecular weight is 455 g/mol. The molecule has 0 aliphatic rings. The molecule has 0 amide bonds. The lowest BCUT2D eigenvalue weighted by Gasteiger charge is -2.09. The molecule has 0 N–H and O–H groups in total. The topological polar surface area (TPSA) is 34.1 Å². The van der Waals surface area contributed by atoms with Gasteiger partial charge in [-0.1, -0.05) is 73.5 Å². The maximum atomic E-state index is 12.7. The van der Waals surface area contributed by atoms with Crippen molar-refractivity contribution < 1.29 is 8.42 Å². The van der Waals surface area contributed by atoms with Crippen LogP contribution in [0.5, 0.6) is 0 Å². The summed E-state index contributed by atoms with van der Waals surface area (Å²) in [4.78, 5) is 1.12. The van der Waals surface area contributed by atoms with Gasteiger partial charge >= 0.3 is 0 Å². The molecule has 0 radical (unpaired) electrons. The number of rotatable bonds is 8. The fourth-order valence-corrected chi connectivity index (χ4v) is 5.11. The minimum atomic E-state index is -1.26. The molecule has 0 fully saturated rings. The summed E-state index contributed by atoms with van der Waals surface area (Å²) in [7, 11) is -2.52. The van der Waals surface area contributed by atoms with Gasteiger partial charge in [-0.05, 0) is 46.5 Å². The fourth-order valence-electron chi connectivity index (χ4n) is 2.98. The summed E-state index contributed by atoms with van der Waals surface area (Å²) in [5, 5.41) is 0. The molecule has 3 aromatic rings. The molecule has 0 spiro atoms. The highest BCUT2D eigenvalue weighted by molar-refractivity contribution is 7.94. The van der Waals surface area contributed by atoms with Crippen LogP contribution < -0.4 is 0 Å². The molecule has 0 saturated carbocycles. The number of hydrogen-bond donors (Lipinski definition) is 0. The van der Waals surface area contributed by atoms with Crippen LogP contribution >= 0.6 is 0 Å². The zero-order valence-electron chi connectivity index (χ0n) is 17.5. The van der Waals surface area contributed by atoms with Crippen LogP contribution in [0, 0.1) is 24.7 Å². The van der Waals surface area contributed by atoms with Gasteiger partial charge < -0.3 is 0 Å². The fraction of sp³-hybridized carbons (Fsp3) is 0.0714. The molecule has 0 bridgehead atoms. The van der Waals surface area contributed by atoms with Gasteiger partial charge in [0.05, 0.1) is 33.1 Å². The first kappa shape index (κ1) is 23.2. The summed E-state index contributed by atoms with van der Waals surface area (Å²) in [5.41, 5.74) is 5.00. The van der Waals surface area contributed by atoms with Crippen molar-refractivity contribution in [2.24, 2.45) is 0 Å². The molecule has 32 heavy (non-hydrogen) atoms. The van der Waals surface area contributed by atoms with Crippen molar-refractivity contribution >= 4 is 31.4 Å². The van der Waals surface area contributed by atoms with E-state index < -0.39 is 21.6 Å². The van der Waals surface area contributed by atoms with Gasteiger partial charge in [0.25, 0.3) is 0 Å². The van der Waals surface area contributed by atoms with E-state index in [2.05, 4.69) is 25.0 Å². The summed E-state index contributed by atoms with van der Waals surface area (Å²) in [6.45, 7) is 7.96. The van der Waals surface area contributed by atoms with Crippen LogP contribution in [0.15, 0.2) is 86.0 Å². The van der Waals surface area contributed by atoms with Crippen LogP contribution in [0.1, 0.15) is 33.4 Å². The third kappa shape index (κ3) is 5.83. The van der Waals surface area contributed by atoms with Gasteiger partial charge in [0.2, 0.25) is 0 Å². The summed E-state index contributed by atoms with van der Waals surface area (Å²) in [6.07, 6.45) is 10.7. The minimum absolute atomic E-state index is 0.354. The highest BCUT2D eigenvalue weighted by Crippen LogP contribution is 2.22. The van der Waals surface area contributed by atoms with Crippen LogP contribution in [0.25, 0.3) is 9.81 Å². The summed E-state index contributed by atoms with van der Waals surface area (Å²) in [5.74, 6) is 5.83. The van der Waals surface area contributed by atoms with Gasteiger partial charge in [0.1, 0.15) is 0 Å². The maximum absolute atomic E-state index is 12.7. The predicted molar refractivity (Wildman–Crippen MR) is 137 cm³/mol. The van der Waals surface area contributed by atoms with Crippen molar-refractivity contribution in [3.63, 3.8) is 0 Å². The van der Waals surface area contributed by atoms with Gasteiger partial charge in [0.15, 0.2) is 0 Å². The lowest BCUT2D eigenvalue weighted by atomic mass is 10.1. The molecule has 0 saturated heterocycles. The van der Waals surface area contributed by atoms with Crippen LogP contribution in [-0.2, 0) is 33.1 Å². The molecule has 0 aliphatic heterocycles. The Balaban J connectivity index is 1.60. The zero-order chi connectivity index (χ0) is 23.1. The highest BCUT2D eigenvalue weighted by atomic mass is 32.2. The molecule has 0 unspecified atom stereocenters. The smallest absolute Gasteiger partial charge is 0.0574 e. The van der Waals surface area contributed by atoms with Crippen LogP contribution in [0.4, 0.5) is 0 Å². The van der Waals surface area contributed by atoms with Crippen molar-refractivity contribution in [3.8, 4) is 24.7 Å². The predicted octanol–water partition coefficient (Wildman–Crippen LogP) is 5.49. The Morgan fingerprint density at radius 1 is 0.625 bits per heavy atom. The third-order valence-electron chi connectivity index (χ3n) is 4.92. The average Bonchev–Trinajstić information content (AvgIpc) is 2.84. The standard InChI is InChI=1S/C28H22O2S2/c1-5-23-11-15-27(16-12-23)21(3)31(29)19-25-7-9-26(10-8-25)20-32(30)22(4)28-17-13-24(6-2)14-18-28/h1-2,7-18H,3-4,19-20H2/t31-,32-/m1/s1. The monoisotopic (exact) mass is 454 g/mol. The third-order valence-corrected chi connectivity index (χ3v) is 7.68. The Morgan fingerprint density at radius 2 is 0.938 bits per heavy atom. The second kappa shape index (κ2) is 10.7. The molecular formula is C28H22O2S2. The van der Waals surface area contributed by atoms with E-state index in [1.165, 1.54) is 0 Å². The van der Waals surface area contributed by atoms with Crippen molar-refractivity contribution in [2.45, 2.75) is 11.5 Å². The summed E-state index contributed by atoms with van der Waals surface area (Å²) >= 11 is 0. The van der Waals surface area contributed by atoms with Crippen molar-refractivity contribution in [2.75, 3.05) is 0 Å². The van der Waals surface area contributed by atoms with E-state index in [9.17, 15) is 8.42 Å². The zero-order valence-corrected chi connectivity index (χ0v) is 19.2. The van der Waals surface area contributed by atoms with Crippen LogP contribution in [0.3, 0.4) is 0 Å². The SMILES string of the molecule is C#Cc1ccc(C(=C)[S@](=O)Cc2ccc(C[S@@](=O)C(=C)c3ccc(C#C)cc3)cc2)cc1. The van der Waals surface area contributed by atoms with Crippen molar-refractivity contribution in [1.29, 1.82) is 0 Å². The molecule has 3 rings (SSSR count). The van der Waals surface area contributed by atoms with E-state index >= 15 is 0 Å². The first-order valence-corrected chi connectivity index (χ1v) is 12.4. The van der Waals surface area contributed by atoms with Crippen molar-refractivity contribution in [1.82, 2.24) is 0 Å². The van der Waals surface area contributed by atoms with Gasteiger partial charge in [-0.2, -0.15) is 0 Å². The van der Waals surface area contributed by atoms with E-state index in [0.29, 0.717) is 21.3 Å². The van der Waals surface area contributed by atoms with Gasteiger partial charge in [0, 0.05) is 20.9 Å². The minimum Gasteiger partial charge on any atom is -0.254 e. The molecular weight excluding hydrogens is 432 g/mol.